The fraction of sp³-hybridized carbons (Fsp3) is 0.647. The van der Waals surface area contributed by atoms with Gasteiger partial charge in [0.25, 0.3) is 0 Å². The first-order valence-electron chi connectivity index (χ1n) is 8.33. The highest BCUT2D eigenvalue weighted by Crippen LogP contribution is 2.26. The van der Waals surface area contributed by atoms with E-state index in [-0.39, 0.29) is 6.04 Å². The van der Waals surface area contributed by atoms with Crippen molar-refractivity contribution >= 4 is 10.0 Å². The van der Waals surface area contributed by atoms with E-state index in [1.807, 2.05) is 6.07 Å². The molecule has 0 aromatic heterocycles. The van der Waals surface area contributed by atoms with Crippen molar-refractivity contribution in [3.63, 3.8) is 0 Å². The molecule has 6 heteroatoms. The normalized spacial score (nSPS) is 25.3. The molecule has 23 heavy (non-hydrogen) atoms. The minimum atomic E-state index is -3.09. The van der Waals surface area contributed by atoms with Gasteiger partial charge in [-0.3, -0.25) is 0 Å². The number of nitrogens with zero attached hydrogens (tertiary/aromatic N) is 1. The maximum atomic E-state index is 11.8. The van der Waals surface area contributed by atoms with Gasteiger partial charge in [0.2, 0.25) is 10.0 Å². The highest BCUT2D eigenvalue weighted by atomic mass is 32.2. The molecule has 1 heterocycles. The average Bonchev–Trinajstić information content (AvgIpc) is 3.01. The highest BCUT2D eigenvalue weighted by Gasteiger charge is 2.31. The number of fused-ring (bicyclic) bond motifs is 1. The van der Waals surface area contributed by atoms with Crippen LogP contribution in [0.1, 0.15) is 30.4 Å². The van der Waals surface area contributed by atoms with E-state index in [1.54, 1.807) is 11.4 Å². The van der Waals surface area contributed by atoms with Gasteiger partial charge in [-0.2, -0.15) is 4.31 Å². The van der Waals surface area contributed by atoms with Crippen LogP contribution in [0, 0.1) is 0 Å². The number of hydrogen-bond donors (Lipinski definition) is 1. The van der Waals surface area contributed by atoms with Crippen molar-refractivity contribution in [2.75, 3.05) is 26.5 Å². The van der Waals surface area contributed by atoms with E-state index in [2.05, 4.69) is 17.4 Å². The van der Waals surface area contributed by atoms with Gasteiger partial charge in [-0.1, -0.05) is 6.07 Å². The van der Waals surface area contributed by atoms with E-state index in [4.69, 9.17) is 4.74 Å². The lowest BCUT2D eigenvalue weighted by Crippen LogP contribution is -2.45. The Labute approximate surface area is 139 Å². The molecule has 1 fully saturated rings. The Balaban J connectivity index is 1.59. The van der Waals surface area contributed by atoms with Crippen LogP contribution in [0.4, 0.5) is 0 Å². The van der Waals surface area contributed by atoms with Gasteiger partial charge in [0.15, 0.2) is 0 Å². The van der Waals surface area contributed by atoms with Crippen LogP contribution in [-0.2, 0) is 22.9 Å². The molecule has 1 unspecified atom stereocenters. The Morgan fingerprint density at radius 1 is 1.30 bits per heavy atom. The number of methoxy groups -OCH3 is 1. The molecule has 1 saturated heterocycles. The first kappa shape index (κ1) is 16.7. The van der Waals surface area contributed by atoms with Gasteiger partial charge < -0.3 is 10.1 Å². The molecule has 0 bridgehead atoms. The summed E-state index contributed by atoms with van der Waals surface area (Å²) in [5.74, 6) is 0.906. The van der Waals surface area contributed by atoms with Crippen molar-refractivity contribution in [1.82, 2.24) is 9.62 Å². The standard InChI is InChI=1S/C17H26N2O3S/c1-22-17-8-6-13-5-7-15(10-14(13)11-17)18-12-16-4-3-9-19(16)23(2,20)21/h6,8,11,15-16,18H,3-5,7,9-10,12H2,1-2H3/t15?,16-/m1/s1. The minimum absolute atomic E-state index is 0.108. The van der Waals surface area contributed by atoms with Crippen LogP contribution in [0.5, 0.6) is 5.75 Å². The molecule has 1 aromatic rings. The van der Waals surface area contributed by atoms with Crippen molar-refractivity contribution in [2.24, 2.45) is 0 Å². The van der Waals surface area contributed by atoms with Crippen molar-refractivity contribution in [3.05, 3.63) is 29.3 Å². The predicted octanol–water partition coefficient (Wildman–Crippen LogP) is 1.57. The maximum absolute atomic E-state index is 11.8. The van der Waals surface area contributed by atoms with Crippen LogP contribution in [0.15, 0.2) is 18.2 Å². The van der Waals surface area contributed by atoms with Gasteiger partial charge in [0.05, 0.1) is 13.4 Å². The van der Waals surface area contributed by atoms with E-state index in [9.17, 15) is 8.42 Å². The quantitative estimate of drug-likeness (QED) is 0.885. The van der Waals surface area contributed by atoms with Crippen LogP contribution < -0.4 is 10.1 Å². The van der Waals surface area contributed by atoms with Crippen molar-refractivity contribution in [1.29, 1.82) is 0 Å². The molecule has 0 amide bonds. The summed E-state index contributed by atoms with van der Waals surface area (Å²) in [6.45, 7) is 1.41. The van der Waals surface area contributed by atoms with Gasteiger partial charge >= 0.3 is 0 Å². The van der Waals surface area contributed by atoms with Crippen LogP contribution >= 0.6 is 0 Å². The van der Waals surface area contributed by atoms with Crippen LogP contribution in [0.3, 0.4) is 0 Å². The van der Waals surface area contributed by atoms with Gasteiger partial charge in [-0.05, 0) is 55.4 Å². The summed E-state index contributed by atoms with van der Waals surface area (Å²) in [5, 5.41) is 3.60. The van der Waals surface area contributed by atoms with Gasteiger partial charge in [-0.15, -0.1) is 0 Å². The molecule has 1 aliphatic heterocycles. The summed E-state index contributed by atoms with van der Waals surface area (Å²) in [4.78, 5) is 0. The Morgan fingerprint density at radius 2 is 2.13 bits per heavy atom. The summed E-state index contributed by atoms with van der Waals surface area (Å²) in [5.41, 5.74) is 2.75. The van der Waals surface area contributed by atoms with Crippen molar-refractivity contribution in [3.8, 4) is 5.75 Å². The zero-order valence-electron chi connectivity index (χ0n) is 13.9. The average molecular weight is 338 g/mol. The Bertz CT molecular complexity index is 660. The zero-order valence-corrected chi connectivity index (χ0v) is 14.7. The van der Waals surface area contributed by atoms with Crippen LogP contribution in [0.25, 0.3) is 0 Å². The molecule has 1 aliphatic carbocycles. The third kappa shape index (κ3) is 3.87. The summed E-state index contributed by atoms with van der Waals surface area (Å²) in [6, 6.07) is 6.83. The molecule has 2 atom stereocenters. The number of benzene rings is 1. The summed E-state index contributed by atoms with van der Waals surface area (Å²) in [6.07, 6.45) is 6.39. The highest BCUT2D eigenvalue weighted by molar-refractivity contribution is 7.88. The molecule has 5 nitrogen and oxygen atoms in total. The van der Waals surface area contributed by atoms with E-state index in [0.717, 1.165) is 44.4 Å². The number of rotatable bonds is 5. The van der Waals surface area contributed by atoms with Gasteiger partial charge in [0.1, 0.15) is 5.75 Å². The van der Waals surface area contributed by atoms with E-state index < -0.39 is 10.0 Å². The molecule has 128 valence electrons. The first-order valence-corrected chi connectivity index (χ1v) is 10.2. The van der Waals surface area contributed by atoms with Crippen LogP contribution in [-0.4, -0.2) is 51.3 Å². The smallest absolute Gasteiger partial charge is 0.211 e. The number of sulfonamides is 1. The van der Waals surface area contributed by atoms with E-state index >= 15 is 0 Å². The third-order valence-corrected chi connectivity index (χ3v) is 6.37. The molecular weight excluding hydrogens is 312 g/mol. The summed E-state index contributed by atoms with van der Waals surface area (Å²) in [7, 11) is -1.39. The van der Waals surface area contributed by atoms with Crippen molar-refractivity contribution in [2.45, 2.75) is 44.2 Å². The zero-order chi connectivity index (χ0) is 16.4. The lowest BCUT2D eigenvalue weighted by atomic mass is 9.88. The molecule has 0 saturated carbocycles. The Kier molecular flexibility index (Phi) is 4.94. The van der Waals surface area contributed by atoms with Crippen LogP contribution in [0.2, 0.25) is 0 Å². The fourth-order valence-electron chi connectivity index (χ4n) is 3.79. The monoisotopic (exact) mass is 338 g/mol. The third-order valence-electron chi connectivity index (χ3n) is 5.03. The second-order valence-electron chi connectivity index (χ2n) is 6.65. The topological polar surface area (TPSA) is 58.6 Å². The lowest BCUT2D eigenvalue weighted by Gasteiger charge is -2.29. The molecule has 2 aliphatic rings. The Morgan fingerprint density at radius 3 is 2.87 bits per heavy atom. The summed E-state index contributed by atoms with van der Waals surface area (Å²) < 4.78 is 30.6. The molecule has 0 spiro atoms. The molecule has 1 N–H and O–H groups in total. The minimum Gasteiger partial charge on any atom is -0.497 e. The number of ether oxygens (including phenoxy) is 1. The predicted molar refractivity (Wildman–Crippen MR) is 91.4 cm³/mol. The first-order chi connectivity index (χ1) is 11.0. The number of aryl methyl sites for hydroxylation is 1. The largest absolute Gasteiger partial charge is 0.497 e. The SMILES string of the molecule is COc1ccc2c(c1)CC(NC[C@H]1CCCN1S(C)(=O)=O)CC2. The lowest BCUT2D eigenvalue weighted by molar-refractivity contribution is 0.347. The second-order valence-corrected chi connectivity index (χ2v) is 8.59. The fourth-order valence-corrected chi connectivity index (χ4v) is 4.97. The van der Waals surface area contributed by atoms with Gasteiger partial charge in [-0.25, -0.2) is 8.42 Å². The molecule has 1 aromatic carbocycles. The molecule has 0 radical (unpaired) electrons. The Hall–Kier alpha value is -1.11. The number of hydrogen-bond acceptors (Lipinski definition) is 4. The number of nitrogens with one attached hydrogen (secondary N) is 1. The maximum Gasteiger partial charge on any atom is 0.211 e. The second kappa shape index (κ2) is 6.79. The molecular formula is C17H26N2O3S. The summed E-state index contributed by atoms with van der Waals surface area (Å²) >= 11 is 0. The van der Waals surface area contributed by atoms with Crippen molar-refractivity contribution < 1.29 is 13.2 Å². The molecule has 3 rings (SSSR count). The van der Waals surface area contributed by atoms with Gasteiger partial charge in [0, 0.05) is 25.2 Å². The van der Waals surface area contributed by atoms with E-state index in [1.165, 1.54) is 17.4 Å². The van der Waals surface area contributed by atoms with E-state index in [0.29, 0.717) is 12.6 Å².